The van der Waals surface area contributed by atoms with Gasteiger partial charge in [0, 0.05) is 6.20 Å². The molecule has 3 rings (SSSR count). The van der Waals surface area contributed by atoms with Crippen molar-refractivity contribution in [3.8, 4) is 0 Å². The summed E-state index contributed by atoms with van der Waals surface area (Å²) >= 11 is 0. The first kappa shape index (κ1) is 14.6. The molecule has 0 saturated heterocycles. The zero-order valence-corrected chi connectivity index (χ0v) is 12.4. The Labute approximate surface area is 123 Å². The van der Waals surface area contributed by atoms with E-state index in [9.17, 15) is 4.79 Å². The zero-order chi connectivity index (χ0) is 13.4. The number of nitrogens with one attached hydrogen (secondary N) is 1. The molecule has 0 fully saturated rings. The molecule has 0 bridgehead atoms. The maximum absolute atomic E-state index is 12.5. The smallest absolute Gasteiger partial charge is 0.275 e. The number of fused-ring (bicyclic) bond motifs is 3. The van der Waals surface area contributed by atoms with Gasteiger partial charge in [0.05, 0.1) is 38.2 Å². The Bertz CT molecular complexity index is 789. The average molecular weight is 292 g/mol. The SMILES string of the molecule is C[NH+](C)CCn1c(=O)c2cccn2c2ccccc21.[Cl-]. The summed E-state index contributed by atoms with van der Waals surface area (Å²) < 4.78 is 3.86. The Hall–Kier alpha value is -1.78. The van der Waals surface area contributed by atoms with Crippen molar-refractivity contribution in [3.63, 3.8) is 0 Å². The second-order valence-corrected chi connectivity index (χ2v) is 5.17. The highest BCUT2D eigenvalue weighted by atomic mass is 35.5. The molecule has 0 saturated carbocycles. The number of rotatable bonds is 3. The van der Waals surface area contributed by atoms with Crippen molar-refractivity contribution in [2.45, 2.75) is 6.54 Å². The van der Waals surface area contributed by atoms with Gasteiger partial charge in [-0.15, -0.1) is 0 Å². The molecule has 0 aliphatic carbocycles. The Morgan fingerprint density at radius 3 is 2.35 bits per heavy atom. The number of para-hydroxylation sites is 2. The van der Waals surface area contributed by atoms with Crippen LogP contribution in [0, 0.1) is 0 Å². The molecule has 0 unspecified atom stereocenters. The molecule has 2 heterocycles. The standard InChI is InChI=1S/C15H17N3O.ClH/c1-16(2)10-11-18-13-7-4-3-6-12(13)17-9-5-8-14(17)15(18)19;/h3-9H,10-11H2,1-2H3;1H. The maximum Gasteiger partial charge on any atom is 0.275 e. The lowest BCUT2D eigenvalue weighted by atomic mass is 10.2. The van der Waals surface area contributed by atoms with E-state index in [1.54, 1.807) is 0 Å². The third kappa shape index (κ3) is 2.32. The van der Waals surface area contributed by atoms with Crippen LogP contribution >= 0.6 is 0 Å². The van der Waals surface area contributed by atoms with E-state index in [4.69, 9.17) is 0 Å². The van der Waals surface area contributed by atoms with Gasteiger partial charge in [-0.3, -0.25) is 9.36 Å². The van der Waals surface area contributed by atoms with Crippen LogP contribution in [-0.4, -0.2) is 29.6 Å². The first-order valence-corrected chi connectivity index (χ1v) is 6.56. The molecule has 1 N–H and O–H groups in total. The van der Waals surface area contributed by atoms with Crippen LogP contribution in [-0.2, 0) is 6.54 Å². The summed E-state index contributed by atoms with van der Waals surface area (Å²) in [5.74, 6) is 0. The van der Waals surface area contributed by atoms with Crippen molar-refractivity contribution in [1.82, 2.24) is 8.97 Å². The normalized spacial score (nSPS) is 11.2. The number of aromatic nitrogens is 2. The molecule has 106 valence electrons. The van der Waals surface area contributed by atoms with Gasteiger partial charge in [-0.25, -0.2) is 0 Å². The first-order valence-electron chi connectivity index (χ1n) is 6.56. The summed E-state index contributed by atoms with van der Waals surface area (Å²) in [5.41, 5.74) is 2.91. The van der Waals surface area contributed by atoms with Gasteiger partial charge in [0.25, 0.3) is 5.56 Å². The number of likely N-dealkylation sites (N-methyl/N-ethyl adjacent to an activating group) is 1. The van der Waals surface area contributed by atoms with Gasteiger partial charge in [-0.1, -0.05) is 12.1 Å². The van der Waals surface area contributed by atoms with Crippen molar-refractivity contribution in [3.05, 3.63) is 52.9 Å². The van der Waals surface area contributed by atoms with E-state index < -0.39 is 0 Å². The molecule has 4 nitrogen and oxygen atoms in total. The Morgan fingerprint density at radius 2 is 1.65 bits per heavy atom. The Morgan fingerprint density at radius 1 is 1.00 bits per heavy atom. The predicted octanol–water partition coefficient (Wildman–Crippen LogP) is -2.60. The minimum absolute atomic E-state index is 0. The second kappa shape index (κ2) is 5.69. The van der Waals surface area contributed by atoms with Crippen LogP contribution in [0.3, 0.4) is 0 Å². The van der Waals surface area contributed by atoms with Gasteiger partial charge in [-0.2, -0.15) is 0 Å². The van der Waals surface area contributed by atoms with Crippen LogP contribution in [0.1, 0.15) is 0 Å². The first-order chi connectivity index (χ1) is 9.18. The molecule has 1 aromatic carbocycles. The summed E-state index contributed by atoms with van der Waals surface area (Å²) in [6.45, 7) is 1.67. The van der Waals surface area contributed by atoms with Gasteiger partial charge < -0.3 is 21.7 Å². The molecule has 5 heteroatoms. The zero-order valence-electron chi connectivity index (χ0n) is 11.6. The van der Waals surface area contributed by atoms with Crippen LogP contribution in [0.25, 0.3) is 16.6 Å². The summed E-state index contributed by atoms with van der Waals surface area (Å²) in [7, 11) is 4.20. The summed E-state index contributed by atoms with van der Waals surface area (Å²) in [4.78, 5) is 13.9. The van der Waals surface area contributed by atoms with Crippen LogP contribution in [0.5, 0.6) is 0 Å². The number of halogens is 1. The maximum atomic E-state index is 12.5. The third-order valence-corrected chi connectivity index (χ3v) is 3.48. The lowest BCUT2D eigenvalue weighted by molar-refractivity contribution is -0.858. The fraction of sp³-hybridized carbons (Fsp3) is 0.267. The topological polar surface area (TPSA) is 30.9 Å². The third-order valence-electron chi connectivity index (χ3n) is 3.48. The van der Waals surface area contributed by atoms with E-state index in [0.29, 0.717) is 0 Å². The van der Waals surface area contributed by atoms with Gasteiger partial charge in [0.1, 0.15) is 5.52 Å². The summed E-state index contributed by atoms with van der Waals surface area (Å²) in [6.07, 6.45) is 1.95. The number of quaternary nitrogens is 1. The van der Waals surface area contributed by atoms with Crippen LogP contribution in [0.15, 0.2) is 47.4 Å². The number of benzene rings is 1. The lowest BCUT2D eigenvalue weighted by Gasteiger charge is -2.13. The van der Waals surface area contributed by atoms with Crippen molar-refractivity contribution >= 4 is 16.6 Å². The van der Waals surface area contributed by atoms with Gasteiger partial charge >= 0.3 is 0 Å². The fourth-order valence-corrected chi connectivity index (χ4v) is 2.47. The monoisotopic (exact) mass is 291 g/mol. The van der Waals surface area contributed by atoms with Crippen molar-refractivity contribution in [2.75, 3.05) is 20.6 Å². The Kier molecular flexibility index (Phi) is 4.16. The van der Waals surface area contributed by atoms with E-state index in [1.165, 1.54) is 4.90 Å². The molecular formula is C15H18ClN3O. The molecule has 0 radical (unpaired) electrons. The van der Waals surface area contributed by atoms with E-state index in [-0.39, 0.29) is 18.0 Å². The molecule has 0 spiro atoms. The molecule has 3 aromatic rings. The lowest BCUT2D eigenvalue weighted by Crippen LogP contribution is -3.06. The second-order valence-electron chi connectivity index (χ2n) is 5.17. The quantitative estimate of drug-likeness (QED) is 0.564. The number of nitrogens with zero attached hydrogens (tertiary/aromatic N) is 2. The van der Waals surface area contributed by atoms with Crippen LogP contribution in [0.2, 0.25) is 0 Å². The van der Waals surface area contributed by atoms with E-state index in [1.807, 2.05) is 45.5 Å². The molecule has 20 heavy (non-hydrogen) atoms. The highest BCUT2D eigenvalue weighted by molar-refractivity contribution is 5.78. The number of hydrogen-bond acceptors (Lipinski definition) is 1. The summed E-state index contributed by atoms with van der Waals surface area (Å²) in [5, 5.41) is 0. The van der Waals surface area contributed by atoms with E-state index >= 15 is 0 Å². The highest BCUT2D eigenvalue weighted by Gasteiger charge is 2.10. The van der Waals surface area contributed by atoms with Gasteiger partial charge in [0.15, 0.2) is 0 Å². The van der Waals surface area contributed by atoms with Crippen molar-refractivity contribution in [1.29, 1.82) is 0 Å². The molecular weight excluding hydrogens is 274 g/mol. The molecule has 0 aliphatic heterocycles. The fourth-order valence-electron chi connectivity index (χ4n) is 2.47. The van der Waals surface area contributed by atoms with Crippen LogP contribution < -0.4 is 22.9 Å². The average Bonchev–Trinajstić information content (AvgIpc) is 2.88. The van der Waals surface area contributed by atoms with Crippen molar-refractivity contribution in [2.24, 2.45) is 0 Å². The van der Waals surface area contributed by atoms with Gasteiger partial charge in [0.2, 0.25) is 0 Å². The van der Waals surface area contributed by atoms with Gasteiger partial charge in [-0.05, 0) is 24.3 Å². The molecule has 0 aliphatic rings. The largest absolute Gasteiger partial charge is 1.00 e. The van der Waals surface area contributed by atoms with E-state index in [2.05, 4.69) is 20.2 Å². The highest BCUT2D eigenvalue weighted by Crippen LogP contribution is 2.14. The predicted molar refractivity (Wildman–Crippen MR) is 76.8 cm³/mol. The Balaban J connectivity index is 0.00000147. The molecule has 2 aromatic heterocycles. The minimum atomic E-state index is 0. The minimum Gasteiger partial charge on any atom is -1.00 e. The van der Waals surface area contributed by atoms with Crippen LogP contribution in [0.4, 0.5) is 0 Å². The number of hydrogen-bond donors (Lipinski definition) is 1. The van der Waals surface area contributed by atoms with E-state index in [0.717, 1.165) is 29.6 Å². The van der Waals surface area contributed by atoms with Crippen molar-refractivity contribution < 1.29 is 17.3 Å². The molecule has 0 atom stereocenters. The molecule has 0 amide bonds. The summed E-state index contributed by atoms with van der Waals surface area (Å²) in [6, 6.07) is 11.9.